The molecule has 3 aliphatic rings. The van der Waals surface area contributed by atoms with Gasteiger partial charge in [0.2, 0.25) is 16.7 Å². The van der Waals surface area contributed by atoms with E-state index in [1.807, 2.05) is 9.80 Å². The van der Waals surface area contributed by atoms with Crippen LogP contribution in [0.5, 0.6) is 0 Å². The average molecular weight is 439 g/mol. The predicted octanol–water partition coefficient (Wildman–Crippen LogP) is 1.52. The van der Waals surface area contributed by atoms with Crippen molar-refractivity contribution in [2.45, 2.75) is 63.3 Å². The van der Waals surface area contributed by atoms with Gasteiger partial charge in [0, 0.05) is 45.6 Å². The molecule has 10 heteroatoms. The molecule has 166 valence electrons. The standard InChI is InChI=1S/C20H30N4O5S/c1-14-19(15(2)29-21-14)30(27,28)23-9-3-5-16(13-23)20(26)22-11-7-17(8-12-22)24-10-4-6-18(24)25/h16-17H,3-13H2,1-2H3. The Balaban J connectivity index is 1.38. The zero-order valence-corrected chi connectivity index (χ0v) is 18.5. The number of nitrogens with zero attached hydrogens (tertiary/aromatic N) is 4. The second-order valence-corrected chi connectivity index (χ2v) is 10.5. The number of amides is 2. The van der Waals surface area contributed by atoms with Crippen LogP contribution < -0.4 is 0 Å². The fourth-order valence-corrected chi connectivity index (χ4v) is 6.86. The van der Waals surface area contributed by atoms with Crippen LogP contribution in [0.1, 0.15) is 50.0 Å². The number of carbonyl (C=O) groups is 2. The van der Waals surface area contributed by atoms with Gasteiger partial charge in [0.05, 0.1) is 12.5 Å². The molecule has 2 amide bonds. The van der Waals surface area contributed by atoms with Crippen LogP contribution >= 0.6 is 0 Å². The van der Waals surface area contributed by atoms with E-state index in [-0.39, 0.29) is 41.0 Å². The van der Waals surface area contributed by atoms with Crippen LogP contribution in [0, 0.1) is 19.8 Å². The van der Waals surface area contributed by atoms with E-state index in [2.05, 4.69) is 5.16 Å². The molecule has 9 nitrogen and oxygen atoms in total. The molecule has 0 spiro atoms. The Morgan fingerprint density at radius 1 is 1.13 bits per heavy atom. The van der Waals surface area contributed by atoms with Gasteiger partial charge in [0.1, 0.15) is 5.69 Å². The fraction of sp³-hybridized carbons (Fsp3) is 0.750. The Kier molecular flexibility index (Phi) is 6.00. The molecule has 0 N–H and O–H groups in total. The van der Waals surface area contributed by atoms with E-state index >= 15 is 0 Å². The maximum atomic E-state index is 13.1. The Labute approximate surface area is 178 Å². The molecule has 3 fully saturated rings. The lowest BCUT2D eigenvalue weighted by atomic mass is 9.96. The molecule has 2 atom stereocenters. The molecule has 0 saturated carbocycles. The number of rotatable bonds is 4. The summed E-state index contributed by atoms with van der Waals surface area (Å²) in [5.74, 6) is 0.200. The van der Waals surface area contributed by atoms with E-state index in [0.717, 1.165) is 25.8 Å². The average Bonchev–Trinajstić information content (AvgIpc) is 3.32. The third-order valence-corrected chi connectivity index (χ3v) is 8.74. The number of sulfonamides is 1. The zero-order valence-electron chi connectivity index (χ0n) is 17.7. The van der Waals surface area contributed by atoms with Crippen LogP contribution in [0.15, 0.2) is 9.42 Å². The molecule has 1 aromatic rings. The lowest BCUT2D eigenvalue weighted by molar-refractivity contribution is -0.139. The van der Waals surface area contributed by atoms with Crippen molar-refractivity contribution in [1.82, 2.24) is 19.3 Å². The molecular formula is C20H30N4O5S. The van der Waals surface area contributed by atoms with Crippen LogP contribution in [-0.2, 0) is 24.2 Å². The first-order valence-electron chi connectivity index (χ1n) is 10.8. The first-order chi connectivity index (χ1) is 14.3. The van der Waals surface area contributed by atoms with Gasteiger partial charge in [-0.1, -0.05) is 9.37 Å². The highest BCUT2D eigenvalue weighted by molar-refractivity contribution is 7.95. The zero-order chi connectivity index (χ0) is 21.5. The van der Waals surface area contributed by atoms with E-state index in [9.17, 15) is 18.4 Å². The normalized spacial score (nSPS) is 26.2. The highest BCUT2D eigenvalue weighted by Gasteiger charge is 2.42. The summed E-state index contributed by atoms with van der Waals surface area (Å²) in [5.41, 5.74) is 0.347. The molecule has 30 heavy (non-hydrogen) atoms. The molecule has 1 aromatic heterocycles. The molecule has 4 rings (SSSR count). The third kappa shape index (κ3) is 3.92. The van der Waals surface area contributed by atoms with E-state index in [0.29, 0.717) is 44.6 Å². The van der Waals surface area contributed by atoms with Crippen molar-refractivity contribution >= 4 is 22.2 Å². The minimum atomic E-state index is -3.74. The van der Waals surface area contributed by atoms with E-state index in [4.69, 9.17) is 4.52 Å². The quantitative estimate of drug-likeness (QED) is 0.659. The number of aromatic nitrogens is 1. The topological polar surface area (TPSA) is 110 Å². The van der Waals surface area contributed by atoms with E-state index in [1.54, 1.807) is 13.8 Å². The lowest BCUT2D eigenvalue weighted by Gasteiger charge is -2.40. The van der Waals surface area contributed by atoms with Gasteiger partial charge < -0.3 is 18.9 Å². The predicted molar refractivity (Wildman–Crippen MR) is 108 cm³/mol. The minimum Gasteiger partial charge on any atom is -0.593 e. The largest absolute Gasteiger partial charge is 0.593 e. The summed E-state index contributed by atoms with van der Waals surface area (Å²) >= 11 is 0. The SMILES string of the molecule is Cc1noc(C)c1[S+](=O)([O-])N1CCCC(C(=O)N2CCC(N3CCCC3=O)CC2)C1. The highest BCUT2D eigenvalue weighted by Crippen LogP contribution is 2.32. The molecular weight excluding hydrogens is 408 g/mol. The van der Waals surface area contributed by atoms with E-state index in [1.165, 1.54) is 4.31 Å². The Morgan fingerprint density at radius 3 is 2.47 bits per heavy atom. The van der Waals surface area contributed by atoms with Crippen LogP contribution in [0.3, 0.4) is 0 Å². The van der Waals surface area contributed by atoms with Crippen molar-refractivity contribution in [1.29, 1.82) is 0 Å². The van der Waals surface area contributed by atoms with Crippen molar-refractivity contribution in [2.75, 3.05) is 32.7 Å². The number of piperidine rings is 2. The Hall–Kier alpha value is -1.78. The molecule has 0 aromatic carbocycles. The van der Waals surface area contributed by atoms with Crippen LogP contribution in [0.4, 0.5) is 0 Å². The summed E-state index contributed by atoms with van der Waals surface area (Å²) in [6.07, 6.45) is 4.50. The molecule has 3 saturated heterocycles. The van der Waals surface area contributed by atoms with Gasteiger partial charge in [-0.3, -0.25) is 9.59 Å². The number of hydrogen-bond donors (Lipinski definition) is 0. The minimum absolute atomic E-state index is 0.0276. The maximum Gasteiger partial charge on any atom is 0.240 e. The van der Waals surface area contributed by atoms with Crippen molar-refractivity contribution < 1.29 is 22.9 Å². The van der Waals surface area contributed by atoms with Gasteiger partial charge >= 0.3 is 0 Å². The fourth-order valence-electron chi connectivity index (χ4n) is 5.05. The molecule has 2 unspecified atom stereocenters. The van der Waals surface area contributed by atoms with Crippen molar-refractivity contribution in [3.63, 3.8) is 0 Å². The third-order valence-electron chi connectivity index (χ3n) is 6.63. The number of aryl methyl sites for hydroxylation is 2. The van der Waals surface area contributed by atoms with Crippen LogP contribution in [-0.4, -0.2) is 74.4 Å². The summed E-state index contributed by atoms with van der Waals surface area (Å²) < 4.78 is 32.7. The smallest absolute Gasteiger partial charge is 0.240 e. The summed E-state index contributed by atoms with van der Waals surface area (Å²) in [6, 6.07) is 0.229. The Bertz CT molecular complexity index is 844. The van der Waals surface area contributed by atoms with E-state index < -0.39 is 10.4 Å². The summed E-state index contributed by atoms with van der Waals surface area (Å²) in [5, 5.41) is 3.77. The van der Waals surface area contributed by atoms with Gasteiger partial charge in [-0.05, 0) is 39.0 Å². The molecule has 4 heterocycles. The van der Waals surface area contributed by atoms with Gasteiger partial charge in [0.15, 0.2) is 16.2 Å². The number of carbonyl (C=O) groups excluding carboxylic acids is 2. The molecule has 0 bridgehead atoms. The lowest BCUT2D eigenvalue weighted by Crippen LogP contribution is -2.52. The highest BCUT2D eigenvalue weighted by atomic mass is 32.3. The van der Waals surface area contributed by atoms with Gasteiger partial charge in [0.25, 0.3) is 0 Å². The second-order valence-electron chi connectivity index (χ2n) is 8.60. The summed E-state index contributed by atoms with van der Waals surface area (Å²) in [7, 11) is -3.74. The van der Waals surface area contributed by atoms with Crippen molar-refractivity contribution in [3.8, 4) is 0 Å². The van der Waals surface area contributed by atoms with Gasteiger partial charge in [-0.2, -0.15) is 0 Å². The van der Waals surface area contributed by atoms with Crippen LogP contribution in [0.2, 0.25) is 0 Å². The molecule has 3 aliphatic heterocycles. The van der Waals surface area contributed by atoms with Gasteiger partial charge in [-0.15, -0.1) is 4.31 Å². The molecule has 0 radical (unpaired) electrons. The number of hydrogen-bond acceptors (Lipinski definition) is 6. The Morgan fingerprint density at radius 2 is 1.87 bits per heavy atom. The first kappa shape index (κ1) is 21.5. The van der Waals surface area contributed by atoms with Crippen molar-refractivity contribution in [2.24, 2.45) is 5.92 Å². The maximum absolute atomic E-state index is 13.1. The van der Waals surface area contributed by atoms with Crippen molar-refractivity contribution in [3.05, 3.63) is 11.5 Å². The molecule has 0 aliphatic carbocycles. The number of likely N-dealkylation sites (tertiary alicyclic amines) is 2. The summed E-state index contributed by atoms with van der Waals surface area (Å²) in [4.78, 5) is 29.1. The van der Waals surface area contributed by atoms with Crippen LogP contribution in [0.25, 0.3) is 0 Å². The summed E-state index contributed by atoms with van der Waals surface area (Å²) in [6.45, 7) is 5.88. The van der Waals surface area contributed by atoms with Gasteiger partial charge in [-0.25, -0.2) is 0 Å². The first-order valence-corrected chi connectivity index (χ1v) is 12.2. The second kappa shape index (κ2) is 8.39. The monoisotopic (exact) mass is 438 g/mol.